The second kappa shape index (κ2) is 12.2. The zero-order valence-electron chi connectivity index (χ0n) is 22.7. The summed E-state index contributed by atoms with van der Waals surface area (Å²) in [5.41, 5.74) is 5.23. The molecule has 0 spiro atoms. The van der Waals surface area contributed by atoms with Crippen molar-refractivity contribution in [3.63, 3.8) is 0 Å². The number of hydrogen-bond acceptors (Lipinski definition) is 4. The molecule has 0 saturated heterocycles. The van der Waals surface area contributed by atoms with Crippen molar-refractivity contribution in [2.45, 2.75) is 71.6 Å². The van der Waals surface area contributed by atoms with E-state index in [1.165, 1.54) is 11.6 Å². The van der Waals surface area contributed by atoms with E-state index in [1.807, 2.05) is 26.0 Å². The summed E-state index contributed by atoms with van der Waals surface area (Å²) in [6.07, 6.45) is -6.83. The van der Waals surface area contributed by atoms with Crippen LogP contribution in [0, 0.1) is 13.8 Å². The van der Waals surface area contributed by atoms with Crippen molar-refractivity contribution in [1.82, 2.24) is 5.32 Å². The zero-order valence-corrected chi connectivity index (χ0v) is 23.6. The highest BCUT2D eigenvalue weighted by Crippen LogP contribution is 2.37. The van der Waals surface area contributed by atoms with Crippen LogP contribution in [0.2, 0.25) is 0 Å². The Balaban J connectivity index is 1.84. The van der Waals surface area contributed by atoms with Crippen LogP contribution in [-0.4, -0.2) is 29.7 Å². The SMILES string of the molecule is Cc1cc(OC(CCC(F)(F)F)c2ccc(C(=O)NCCC(=O)O)s2)cc(C)c1-c1ccc(C(C)(C)C)cc1. The van der Waals surface area contributed by atoms with Gasteiger partial charge in [0.25, 0.3) is 5.91 Å². The minimum Gasteiger partial charge on any atom is -0.485 e. The second-order valence-corrected chi connectivity index (χ2v) is 11.7. The number of aliphatic carboxylic acids is 1. The van der Waals surface area contributed by atoms with Crippen LogP contribution in [0.3, 0.4) is 0 Å². The Morgan fingerprint density at radius 3 is 2.15 bits per heavy atom. The number of carboxylic acid groups (broad SMARTS) is 1. The highest BCUT2D eigenvalue weighted by Gasteiger charge is 2.30. The molecule has 0 bridgehead atoms. The molecule has 0 aliphatic heterocycles. The third kappa shape index (κ3) is 8.58. The number of carbonyl (C=O) groups excluding carboxylic acids is 1. The molecule has 1 heterocycles. The molecule has 0 aliphatic carbocycles. The van der Waals surface area contributed by atoms with E-state index in [4.69, 9.17) is 9.84 Å². The van der Waals surface area contributed by atoms with E-state index in [-0.39, 0.29) is 29.7 Å². The van der Waals surface area contributed by atoms with Gasteiger partial charge in [0.15, 0.2) is 0 Å². The van der Waals surface area contributed by atoms with Crippen molar-refractivity contribution in [2.24, 2.45) is 0 Å². The summed E-state index contributed by atoms with van der Waals surface area (Å²) >= 11 is 1.04. The molecular formula is C30H34F3NO4S. The Bertz CT molecular complexity index is 1280. The maximum atomic E-state index is 13.1. The lowest BCUT2D eigenvalue weighted by atomic mass is 9.85. The van der Waals surface area contributed by atoms with Crippen LogP contribution in [-0.2, 0) is 10.2 Å². The first-order valence-corrected chi connectivity index (χ1v) is 13.5. The number of rotatable bonds is 10. The Hall–Kier alpha value is -3.33. The number of aryl methyl sites for hydroxylation is 2. The molecule has 39 heavy (non-hydrogen) atoms. The van der Waals surface area contributed by atoms with E-state index in [1.54, 1.807) is 6.07 Å². The molecule has 1 atom stereocenters. The standard InChI is InChI=1S/C30H34F3NO4S/c1-18-16-22(17-19(2)27(18)20-6-8-21(9-7-20)29(3,4)5)38-23(12-14-30(31,32)33)24-10-11-25(39-24)28(37)34-15-13-26(35)36/h6-11,16-17,23H,12-15H2,1-5H3,(H,34,37)(H,35,36). The molecule has 9 heteroatoms. The first-order valence-electron chi connectivity index (χ1n) is 12.7. The van der Waals surface area contributed by atoms with Crippen LogP contribution in [0.5, 0.6) is 5.75 Å². The predicted molar refractivity (Wildman–Crippen MR) is 148 cm³/mol. The fraction of sp³-hybridized carbons (Fsp3) is 0.400. The average molecular weight is 562 g/mol. The molecule has 1 unspecified atom stereocenters. The molecule has 0 radical (unpaired) electrons. The van der Waals surface area contributed by atoms with Gasteiger partial charge in [-0.1, -0.05) is 45.0 Å². The summed E-state index contributed by atoms with van der Waals surface area (Å²) < 4.78 is 45.5. The van der Waals surface area contributed by atoms with Crippen molar-refractivity contribution < 1.29 is 32.6 Å². The number of amides is 1. The van der Waals surface area contributed by atoms with Crippen LogP contribution in [0.1, 0.15) is 77.4 Å². The molecule has 5 nitrogen and oxygen atoms in total. The average Bonchev–Trinajstić information content (AvgIpc) is 3.30. The topological polar surface area (TPSA) is 75.6 Å². The molecule has 2 aromatic carbocycles. The van der Waals surface area contributed by atoms with E-state index in [0.717, 1.165) is 33.6 Å². The monoisotopic (exact) mass is 561 g/mol. The molecule has 3 rings (SSSR count). The summed E-state index contributed by atoms with van der Waals surface area (Å²) in [5.74, 6) is -1.06. The van der Waals surface area contributed by atoms with Gasteiger partial charge in [-0.15, -0.1) is 11.3 Å². The number of nitrogens with one attached hydrogen (secondary N) is 1. The summed E-state index contributed by atoms with van der Waals surface area (Å²) in [6, 6.07) is 15.1. The summed E-state index contributed by atoms with van der Waals surface area (Å²) in [7, 11) is 0. The van der Waals surface area contributed by atoms with E-state index in [0.29, 0.717) is 10.6 Å². The Kier molecular flexibility index (Phi) is 9.48. The van der Waals surface area contributed by atoms with Gasteiger partial charge in [0.1, 0.15) is 11.9 Å². The molecule has 210 valence electrons. The number of ether oxygens (including phenoxy) is 1. The van der Waals surface area contributed by atoms with Crippen LogP contribution >= 0.6 is 11.3 Å². The van der Waals surface area contributed by atoms with E-state index in [2.05, 4.69) is 50.4 Å². The normalized spacial score (nSPS) is 12.7. The van der Waals surface area contributed by atoms with Gasteiger partial charge in [-0.2, -0.15) is 13.2 Å². The molecule has 1 aromatic heterocycles. The van der Waals surface area contributed by atoms with Crippen molar-refractivity contribution in [3.05, 3.63) is 75.0 Å². The van der Waals surface area contributed by atoms with E-state index in [9.17, 15) is 22.8 Å². The minimum absolute atomic E-state index is 0.0343. The van der Waals surface area contributed by atoms with Gasteiger partial charge in [0.05, 0.1) is 11.3 Å². The molecule has 2 N–H and O–H groups in total. The quantitative estimate of drug-likeness (QED) is 0.263. The van der Waals surface area contributed by atoms with Gasteiger partial charge >= 0.3 is 12.1 Å². The van der Waals surface area contributed by atoms with Crippen LogP contribution in [0.25, 0.3) is 11.1 Å². The lowest BCUT2D eigenvalue weighted by Gasteiger charge is -2.22. The molecular weight excluding hydrogens is 527 g/mol. The number of carboxylic acids is 1. The van der Waals surface area contributed by atoms with Crippen LogP contribution in [0.4, 0.5) is 13.2 Å². The summed E-state index contributed by atoms with van der Waals surface area (Å²) in [4.78, 5) is 23.8. The van der Waals surface area contributed by atoms with Gasteiger partial charge in [-0.05, 0) is 77.8 Å². The molecule has 0 fully saturated rings. The summed E-state index contributed by atoms with van der Waals surface area (Å²) in [5, 5.41) is 11.2. The Morgan fingerprint density at radius 1 is 1.00 bits per heavy atom. The number of carbonyl (C=O) groups is 2. The molecule has 0 saturated carbocycles. The number of halogens is 3. The third-order valence-electron chi connectivity index (χ3n) is 6.31. The second-order valence-electron chi connectivity index (χ2n) is 10.6. The van der Waals surface area contributed by atoms with Crippen molar-refractivity contribution >= 4 is 23.2 Å². The van der Waals surface area contributed by atoms with Crippen molar-refractivity contribution in [2.75, 3.05) is 6.54 Å². The predicted octanol–water partition coefficient (Wildman–Crippen LogP) is 8.00. The minimum atomic E-state index is -4.36. The Morgan fingerprint density at radius 2 is 1.62 bits per heavy atom. The van der Waals surface area contributed by atoms with E-state index >= 15 is 0 Å². The zero-order chi connectivity index (χ0) is 29.0. The van der Waals surface area contributed by atoms with E-state index < -0.39 is 30.6 Å². The van der Waals surface area contributed by atoms with Crippen molar-refractivity contribution in [3.8, 4) is 16.9 Å². The first kappa shape index (κ1) is 30.2. The number of hydrogen-bond donors (Lipinski definition) is 2. The largest absolute Gasteiger partial charge is 0.485 e. The van der Waals surface area contributed by atoms with Crippen LogP contribution in [0.15, 0.2) is 48.5 Å². The van der Waals surface area contributed by atoms with Gasteiger partial charge in [-0.25, -0.2) is 0 Å². The van der Waals surface area contributed by atoms with Gasteiger partial charge in [-0.3, -0.25) is 9.59 Å². The lowest BCUT2D eigenvalue weighted by molar-refractivity contribution is -0.139. The smallest absolute Gasteiger partial charge is 0.389 e. The van der Waals surface area contributed by atoms with Gasteiger partial charge < -0.3 is 15.2 Å². The number of thiophene rings is 1. The fourth-order valence-corrected chi connectivity index (χ4v) is 5.31. The highest BCUT2D eigenvalue weighted by atomic mass is 32.1. The molecule has 1 amide bonds. The Labute approximate surface area is 231 Å². The summed E-state index contributed by atoms with van der Waals surface area (Å²) in [6.45, 7) is 10.3. The maximum absolute atomic E-state index is 13.1. The molecule has 0 aliphatic rings. The number of benzene rings is 2. The van der Waals surface area contributed by atoms with Gasteiger partial charge in [0, 0.05) is 17.8 Å². The van der Waals surface area contributed by atoms with Crippen molar-refractivity contribution in [1.29, 1.82) is 0 Å². The number of alkyl halides is 3. The highest BCUT2D eigenvalue weighted by molar-refractivity contribution is 7.14. The third-order valence-corrected chi connectivity index (χ3v) is 7.48. The fourth-order valence-electron chi connectivity index (χ4n) is 4.32. The first-order chi connectivity index (χ1) is 18.1. The van der Waals surface area contributed by atoms with Gasteiger partial charge in [0.2, 0.25) is 0 Å². The lowest BCUT2D eigenvalue weighted by Crippen LogP contribution is -2.25. The maximum Gasteiger partial charge on any atom is 0.389 e. The van der Waals surface area contributed by atoms with Crippen LogP contribution < -0.4 is 10.1 Å². The molecule has 3 aromatic rings.